The quantitative estimate of drug-likeness (QED) is 0.562. The molecule has 0 aromatic rings. The first kappa shape index (κ1) is 8.14. The second-order valence-electron chi connectivity index (χ2n) is 1.92. The van der Waals surface area contributed by atoms with E-state index in [2.05, 4.69) is 0 Å². The van der Waals surface area contributed by atoms with Crippen molar-refractivity contribution in [2.45, 2.75) is 25.6 Å². The molecule has 2 unspecified atom stereocenters. The van der Waals surface area contributed by atoms with E-state index in [0.29, 0.717) is 0 Å². The normalized spacial score (nSPS) is 18.0. The second kappa shape index (κ2) is 4.06. The van der Waals surface area contributed by atoms with E-state index in [9.17, 15) is 0 Å². The van der Waals surface area contributed by atoms with Gasteiger partial charge in [-0.25, -0.2) is 0 Å². The van der Waals surface area contributed by atoms with Gasteiger partial charge in [0.05, 0.1) is 5.73 Å². The standard InChI is InChI=1S/C5H14O2Si/c1-4-5(6)8(3)7-2/h5-6,8H,4H2,1-3H3. The summed E-state index contributed by atoms with van der Waals surface area (Å²) in [7, 11) is 0.443. The van der Waals surface area contributed by atoms with Crippen molar-refractivity contribution in [1.82, 2.24) is 0 Å². The molecule has 0 saturated carbocycles. The molecule has 0 aliphatic heterocycles. The van der Waals surface area contributed by atoms with Crippen LogP contribution in [0, 0.1) is 0 Å². The van der Waals surface area contributed by atoms with Crippen molar-refractivity contribution in [3.63, 3.8) is 0 Å². The average Bonchev–Trinajstić information content (AvgIpc) is 1.84. The zero-order valence-electron chi connectivity index (χ0n) is 5.72. The van der Waals surface area contributed by atoms with Crippen molar-refractivity contribution in [2.75, 3.05) is 7.11 Å². The maximum Gasteiger partial charge on any atom is 0.201 e. The van der Waals surface area contributed by atoms with Crippen LogP contribution in [0.2, 0.25) is 6.55 Å². The Balaban J connectivity index is 3.29. The van der Waals surface area contributed by atoms with Crippen LogP contribution in [0.15, 0.2) is 0 Å². The lowest BCUT2D eigenvalue weighted by Crippen LogP contribution is -2.28. The molecule has 0 rings (SSSR count). The van der Waals surface area contributed by atoms with Crippen LogP contribution in [0.1, 0.15) is 13.3 Å². The summed E-state index contributed by atoms with van der Waals surface area (Å²) < 4.78 is 4.99. The molecule has 1 N–H and O–H groups in total. The molecule has 0 aliphatic carbocycles. The Morgan fingerprint density at radius 1 is 1.75 bits per heavy atom. The predicted molar refractivity (Wildman–Crippen MR) is 36.3 cm³/mol. The maximum atomic E-state index is 9.06. The van der Waals surface area contributed by atoms with E-state index in [0.717, 1.165) is 6.42 Å². The summed E-state index contributed by atoms with van der Waals surface area (Å²) >= 11 is 0. The van der Waals surface area contributed by atoms with Gasteiger partial charge in [-0.2, -0.15) is 0 Å². The highest BCUT2D eigenvalue weighted by atomic mass is 28.3. The minimum Gasteiger partial charge on any atom is -0.421 e. The second-order valence-corrected chi connectivity index (χ2v) is 4.57. The topological polar surface area (TPSA) is 29.5 Å². The SMILES string of the molecule is CCC(O)[SiH](C)OC. The van der Waals surface area contributed by atoms with E-state index in [4.69, 9.17) is 9.53 Å². The van der Waals surface area contributed by atoms with Crippen LogP contribution in [0.4, 0.5) is 0 Å². The van der Waals surface area contributed by atoms with Crippen molar-refractivity contribution >= 4 is 9.04 Å². The minimum atomic E-state index is -1.22. The summed E-state index contributed by atoms with van der Waals surface area (Å²) in [5.74, 6) is 0. The van der Waals surface area contributed by atoms with E-state index >= 15 is 0 Å². The van der Waals surface area contributed by atoms with Crippen LogP contribution in [0.25, 0.3) is 0 Å². The van der Waals surface area contributed by atoms with Gasteiger partial charge >= 0.3 is 0 Å². The molecule has 0 saturated heterocycles. The molecule has 0 aromatic heterocycles. The largest absolute Gasteiger partial charge is 0.421 e. The summed E-state index contributed by atoms with van der Waals surface area (Å²) in [5, 5.41) is 9.06. The van der Waals surface area contributed by atoms with Gasteiger partial charge in [0.15, 0.2) is 0 Å². The van der Waals surface area contributed by atoms with Crippen LogP contribution in [0.5, 0.6) is 0 Å². The number of aliphatic hydroxyl groups excluding tert-OH is 1. The number of aliphatic hydroxyl groups is 1. The molecule has 8 heavy (non-hydrogen) atoms. The molecule has 2 atom stereocenters. The minimum absolute atomic E-state index is 0.167. The zero-order valence-corrected chi connectivity index (χ0v) is 6.87. The third-order valence-electron chi connectivity index (χ3n) is 1.33. The zero-order chi connectivity index (χ0) is 6.57. The van der Waals surface area contributed by atoms with Gasteiger partial charge < -0.3 is 9.53 Å². The Morgan fingerprint density at radius 2 is 2.25 bits per heavy atom. The first-order chi connectivity index (χ1) is 3.72. The molecule has 0 heterocycles. The van der Waals surface area contributed by atoms with Crippen molar-refractivity contribution < 1.29 is 9.53 Å². The maximum absolute atomic E-state index is 9.06. The highest BCUT2D eigenvalue weighted by Crippen LogP contribution is 1.95. The fraction of sp³-hybridized carbons (Fsp3) is 1.00. The van der Waals surface area contributed by atoms with E-state index < -0.39 is 9.04 Å². The molecule has 0 amide bonds. The lowest BCUT2D eigenvalue weighted by atomic mass is 10.5. The number of rotatable bonds is 3. The van der Waals surface area contributed by atoms with Crippen molar-refractivity contribution in [3.05, 3.63) is 0 Å². The highest BCUT2D eigenvalue weighted by Gasteiger charge is 2.11. The van der Waals surface area contributed by atoms with Gasteiger partial charge in [-0.1, -0.05) is 6.92 Å². The Hall–Kier alpha value is 0.137. The third kappa shape index (κ3) is 2.45. The van der Waals surface area contributed by atoms with Crippen LogP contribution >= 0.6 is 0 Å². The average molecular weight is 134 g/mol. The van der Waals surface area contributed by atoms with Gasteiger partial charge in [-0.05, 0) is 13.0 Å². The van der Waals surface area contributed by atoms with Gasteiger partial charge in [0.2, 0.25) is 9.04 Å². The van der Waals surface area contributed by atoms with E-state index in [-0.39, 0.29) is 5.73 Å². The molecular weight excluding hydrogens is 120 g/mol. The Bertz CT molecular complexity index is 50.4. The van der Waals surface area contributed by atoms with Gasteiger partial charge in [-0.15, -0.1) is 0 Å². The molecule has 3 heteroatoms. The first-order valence-corrected chi connectivity index (χ1v) is 5.22. The lowest BCUT2D eigenvalue weighted by Gasteiger charge is -2.12. The summed E-state index contributed by atoms with van der Waals surface area (Å²) in [6.45, 7) is 3.96. The summed E-state index contributed by atoms with van der Waals surface area (Å²) in [4.78, 5) is 0. The Kier molecular flexibility index (Phi) is 4.13. The van der Waals surface area contributed by atoms with Crippen LogP contribution in [-0.2, 0) is 4.43 Å². The summed E-state index contributed by atoms with van der Waals surface area (Å²) in [6.07, 6.45) is 0.821. The fourth-order valence-corrected chi connectivity index (χ4v) is 1.47. The summed E-state index contributed by atoms with van der Waals surface area (Å²) in [6, 6.07) is 0. The molecule has 0 bridgehead atoms. The van der Waals surface area contributed by atoms with E-state index in [1.165, 1.54) is 0 Å². The van der Waals surface area contributed by atoms with Crippen LogP contribution in [0.3, 0.4) is 0 Å². The third-order valence-corrected chi connectivity index (χ3v) is 3.63. The van der Waals surface area contributed by atoms with Crippen molar-refractivity contribution in [2.24, 2.45) is 0 Å². The fourth-order valence-electron chi connectivity index (χ4n) is 0.489. The smallest absolute Gasteiger partial charge is 0.201 e. The number of hydrogen-bond acceptors (Lipinski definition) is 2. The molecule has 2 nitrogen and oxygen atoms in total. The molecule has 0 spiro atoms. The van der Waals surface area contributed by atoms with Crippen LogP contribution < -0.4 is 0 Å². The predicted octanol–water partition coefficient (Wildman–Crippen LogP) is 0.296. The van der Waals surface area contributed by atoms with Gasteiger partial charge in [0.25, 0.3) is 0 Å². The molecule has 0 aromatic carbocycles. The van der Waals surface area contributed by atoms with Crippen molar-refractivity contribution in [3.8, 4) is 0 Å². The monoisotopic (exact) mass is 134 g/mol. The van der Waals surface area contributed by atoms with E-state index in [1.807, 2.05) is 13.5 Å². The van der Waals surface area contributed by atoms with Crippen LogP contribution in [-0.4, -0.2) is 27.0 Å². The first-order valence-electron chi connectivity index (χ1n) is 2.93. The molecule has 0 aliphatic rings. The molecule has 0 fully saturated rings. The highest BCUT2D eigenvalue weighted by molar-refractivity contribution is 6.51. The Labute approximate surface area is 52.2 Å². The van der Waals surface area contributed by atoms with E-state index in [1.54, 1.807) is 7.11 Å². The van der Waals surface area contributed by atoms with Gasteiger partial charge in [-0.3, -0.25) is 0 Å². The summed E-state index contributed by atoms with van der Waals surface area (Å²) in [5.41, 5.74) is -0.167. The van der Waals surface area contributed by atoms with Gasteiger partial charge in [0.1, 0.15) is 0 Å². The molecule has 0 radical (unpaired) electrons. The lowest BCUT2D eigenvalue weighted by molar-refractivity contribution is 0.216. The Morgan fingerprint density at radius 3 is 2.38 bits per heavy atom. The molecule has 50 valence electrons. The van der Waals surface area contributed by atoms with Crippen molar-refractivity contribution in [1.29, 1.82) is 0 Å². The van der Waals surface area contributed by atoms with Gasteiger partial charge in [0, 0.05) is 7.11 Å². The number of hydrogen-bond donors (Lipinski definition) is 1. The molecular formula is C5H14O2Si.